The van der Waals surface area contributed by atoms with Crippen molar-refractivity contribution in [3.05, 3.63) is 35.5 Å². The maximum atomic E-state index is 13.7. The van der Waals surface area contributed by atoms with Crippen LogP contribution in [0.5, 0.6) is 0 Å². The summed E-state index contributed by atoms with van der Waals surface area (Å²) in [7, 11) is 0. The lowest BCUT2D eigenvalue weighted by Gasteiger charge is -2.33. The molecule has 1 fully saturated rings. The van der Waals surface area contributed by atoms with Crippen molar-refractivity contribution in [1.82, 2.24) is 15.0 Å². The van der Waals surface area contributed by atoms with Crippen LogP contribution in [0.3, 0.4) is 0 Å². The number of aryl methyl sites for hydroxylation is 1. The predicted octanol–water partition coefficient (Wildman–Crippen LogP) is 2.97. The van der Waals surface area contributed by atoms with E-state index in [0.29, 0.717) is 29.4 Å². The first-order valence-corrected chi connectivity index (χ1v) is 7.50. The van der Waals surface area contributed by atoms with Crippen LogP contribution in [0.1, 0.15) is 31.3 Å². The van der Waals surface area contributed by atoms with Crippen LogP contribution in [-0.4, -0.2) is 40.8 Å². The van der Waals surface area contributed by atoms with Crippen LogP contribution >= 0.6 is 0 Å². The number of aromatic nitrogens is 2. The first-order chi connectivity index (χ1) is 10.5. The zero-order chi connectivity index (χ0) is 15.7. The fraction of sp³-hybridized carbons (Fsp3) is 0.500. The zero-order valence-corrected chi connectivity index (χ0v) is 13.0. The monoisotopic (exact) mass is 305 g/mol. The van der Waals surface area contributed by atoms with Gasteiger partial charge in [-0.1, -0.05) is 17.3 Å². The summed E-state index contributed by atoms with van der Waals surface area (Å²) in [6.45, 7) is 8.18. The van der Waals surface area contributed by atoms with Crippen molar-refractivity contribution in [3.63, 3.8) is 0 Å². The molecule has 1 saturated heterocycles. The molecule has 6 heteroatoms. The van der Waals surface area contributed by atoms with Gasteiger partial charge in [0.15, 0.2) is 0 Å². The fourth-order valence-electron chi connectivity index (χ4n) is 2.61. The van der Waals surface area contributed by atoms with E-state index in [1.165, 1.54) is 6.07 Å². The third kappa shape index (κ3) is 3.03. The van der Waals surface area contributed by atoms with Crippen molar-refractivity contribution >= 4 is 0 Å². The molecule has 2 heterocycles. The number of rotatable bonds is 3. The highest BCUT2D eigenvalue weighted by atomic mass is 19.1. The topological polar surface area (TPSA) is 51.4 Å². The number of benzene rings is 1. The van der Waals surface area contributed by atoms with Gasteiger partial charge in [-0.05, 0) is 32.4 Å². The molecule has 0 spiro atoms. The highest BCUT2D eigenvalue weighted by molar-refractivity contribution is 5.54. The van der Waals surface area contributed by atoms with Crippen molar-refractivity contribution < 1.29 is 13.7 Å². The van der Waals surface area contributed by atoms with Crippen LogP contribution < -0.4 is 0 Å². The van der Waals surface area contributed by atoms with Crippen molar-refractivity contribution in [2.45, 2.75) is 32.9 Å². The van der Waals surface area contributed by atoms with Crippen LogP contribution in [0.25, 0.3) is 11.4 Å². The minimum atomic E-state index is -0.265. The Morgan fingerprint density at radius 2 is 2.23 bits per heavy atom. The van der Waals surface area contributed by atoms with Gasteiger partial charge in [0, 0.05) is 18.7 Å². The quantitative estimate of drug-likeness (QED) is 0.872. The molecular formula is C16H20FN3O2. The van der Waals surface area contributed by atoms with E-state index in [1.807, 2.05) is 13.8 Å². The van der Waals surface area contributed by atoms with Crippen molar-refractivity contribution in [2.24, 2.45) is 0 Å². The minimum Gasteiger partial charge on any atom is -0.376 e. The minimum absolute atomic E-state index is 0.0166. The molecule has 1 aromatic carbocycles. The van der Waals surface area contributed by atoms with Crippen LogP contribution in [0.2, 0.25) is 0 Å². The van der Waals surface area contributed by atoms with Gasteiger partial charge in [0.25, 0.3) is 0 Å². The first-order valence-electron chi connectivity index (χ1n) is 7.50. The van der Waals surface area contributed by atoms with Crippen LogP contribution in [0, 0.1) is 12.7 Å². The summed E-state index contributed by atoms with van der Waals surface area (Å²) in [5, 5.41) is 3.98. The normalized spacial score (nSPS) is 21.0. The predicted molar refractivity (Wildman–Crippen MR) is 79.8 cm³/mol. The van der Waals surface area contributed by atoms with Crippen molar-refractivity contribution in [1.29, 1.82) is 0 Å². The van der Waals surface area contributed by atoms with E-state index >= 15 is 0 Å². The molecule has 5 nitrogen and oxygen atoms in total. The van der Waals surface area contributed by atoms with Crippen LogP contribution in [-0.2, 0) is 4.74 Å². The van der Waals surface area contributed by atoms with Crippen molar-refractivity contribution in [2.75, 3.05) is 19.7 Å². The second-order valence-corrected chi connectivity index (χ2v) is 5.77. The molecule has 2 aromatic rings. The molecule has 0 N–H and O–H groups in total. The maximum absolute atomic E-state index is 13.7. The third-order valence-electron chi connectivity index (χ3n) is 4.05. The molecule has 3 rings (SSSR count). The molecule has 0 bridgehead atoms. The Morgan fingerprint density at radius 3 is 2.95 bits per heavy atom. The van der Waals surface area contributed by atoms with Crippen LogP contribution in [0.15, 0.2) is 22.7 Å². The molecule has 22 heavy (non-hydrogen) atoms. The fourth-order valence-corrected chi connectivity index (χ4v) is 2.61. The molecule has 0 aliphatic carbocycles. The number of ether oxygens (including phenoxy) is 1. The number of hydrogen-bond donors (Lipinski definition) is 0. The van der Waals surface area contributed by atoms with E-state index in [2.05, 4.69) is 15.0 Å². The molecule has 0 saturated carbocycles. The summed E-state index contributed by atoms with van der Waals surface area (Å²) in [5.74, 6) is 0.700. The lowest BCUT2D eigenvalue weighted by Crippen LogP contribution is -2.42. The second-order valence-electron chi connectivity index (χ2n) is 5.77. The first kappa shape index (κ1) is 15.1. The third-order valence-corrected chi connectivity index (χ3v) is 4.05. The molecule has 1 aromatic heterocycles. The van der Waals surface area contributed by atoms with Gasteiger partial charge in [-0.25, -0.2) is 4.39 Å². The van der Waals surface area contributed by atoms with Gasteiger partial charge in [-0.3, -0.25) is 4.90 Å². The van der Waals surface area contributed by atoms with E-state index in [9.17, 15) is 4.39 Å². The summed E-state index contributed by atoms with van der Waals surface area (Å²) < 4.78 is 24.6. The van der Waals surface area contributed by atoms with Gasteiger partial charge in [0.1, 0.15) is 5.82 Å². The Balaban J connectivity index is 1.79. The average Bonchev–Trinajstić information content (AvgIpc) is 2.99. The molecule has 0 radical (unpaired) electrons. The number of hydrogen-bond acceptors (Lipinski definition) is 5. The van der Waals surface area contributed by atoms with E-state index in [1.54, 1.807) is 19.1 Å². The van der Waals surface area contributed by atoms with Gasteiger partial charge in [0.2, 0.25) is 11.7 Å². The number of morpholine rings is 1. The zero-order valence-electron chi connectivity index (χ0n) is 13.0. The van der Waals surface area contributed by atoms with Gasteiger partial charge >= 0.3 is 0 Å². The number of nitrogens with zero attached hydrogens (tertiary/aromatic N) is 3. The Bertz CT molecular complexity index is 659. The van der Waals surface area contributed by atoms with E-state index < -0.39 is 0 Å². The van der Waals surface area contributed by atoms with Crippen LogP contribution in [0.4, 0.5) is 4.39 Å². The SMILES string of the molecule is Cc1ccc(-c2noc(C(C)N3CCOC(C)C3)n2)cc1F. The Morgan fingerprint density at radius 1 is 1.41 bits per heavy atom. The molecular weight excluding hydrogens is 285 g/mol. The maximum Gasteiger partial charge on any atom is 0.244 e. The molecule has 118 valence electrons. The summed E-state index contributed by atoms with van der Waals surface area (Å²) in [6.07, 6.45) is 0.199. The lowest BCUT2D eigenvalue weighted by molar-refractivity contribution is -0.0361. The lowest BCUT2D eigenvalue weighted by atomic mass is 10.1. The highest BCUT2D eigenvalue weighted by Gasteiger charge is 2.26. The molecule has 0 amide bonds. The molecule has 2 unspecified atom stereocenters. The summed E-state index contributed by atoms with van der Waals surface area (Å²) in [6, 6.07) is 4.97. The Kier molecular flexibility index (Phi) is 4.22. The average molecular weight is 305 g/mol. The van der Waals surface area contributed by atoms with E-state index in [4.69, 9.17) is 9.26 Å². The number of halogens is 1. The summed E-state index contributed by atoms with van der Waals surface area (Å²) in [5.41, 5.74) is 1.23. The standard InChI is InChI=1S/C16H20FN3O2/c1-10-4-5-13(8-14(10)17)15-18-16(22-19-15)12(3)20-6-7-21-11(2)9-20/h4-5,8,11-12H,6-7,9H2,1-3H3. The molecule has 1 aliphatic rings. The van der Waals surface area contributed by atoms with Gasteiger partial charge in [-0.2, -0.15) is 4.98 Å². The Hall–Kier alpha value is -1.79. The Labute approximate surface area is 129 Å². The highest BCUT2D eigenvalue weighted by Crippen LogP contribution is 2.25. The van der Waals surface area contributed by atoms with Gasteiger partial charge < -0.3 is 9.26 Å². The van der Waals surface area contributed by atoms with Gasteiger partial charge in [0.05, 0.1) is 18.8 Å². The summed E-state index contributed by atoms with van der Waals surface area (Å²) >= 11 is 0. The second kappa shape index (κ2) is 6.14. The van der Waals surface area contributed by atoms with Crippen molar-refractivity contribution in [3.8, 4) is 11.4 Å². The largest absolute Gasteiger partial charge is 0.376 e. The molecule has 1 aliphatic heterocycles. The van der Waals surface area contributed by atoms with E-state index in [-0.39, 0.29) is 18.0 Å². The van der Waals surface area contributed by atoms with E-state index in [0.717, 1.165) is 13.1 Å². The van der Waals surface area contributed by atoms with Gasteiger partial charge in [-0.15, -0.1) is 0 Å². The molecule has 2 atom stereocenters. The smallest absolute Gasteiger partial charge is 0.244 e. The summed E-state index contributed by atoms with van der Waals surface area (Å²) in [4.78, 5) is 6.68.